The zero-order valence-corrected chi connectivity index (χ0v) is 17.3. The first-order valence-corrected chi connectivity index (χ1v) is 10.2. The summed E-state index contributed by atoms with van der Waals surface area (Å²) in [6, 6.07) is 12.9. The number of nitrogens with zero attached hydrogens (tertiary/aromatic N) is 2. The third-order valence-corrected chi connectivity index (χ3v) is 4.16. The van der Waals surface area contributed by atoms with Gasteiger partial charge < -0.3 is 0 Å². The molecule has 140 valence electrons. The summed E-state index contributed by atoms with van der Waals surface area (Å²) in [5, 5.41) is 0. The van der Waals surface area contributed by atoms with Crippen molar-refractivity contribution in [2.45, 2.75) is 60.8 Å². The van der Waals surface area contributed by atoms with Gasteiger partial charge in [0.05, 0.1) is 5.71 Å². The minimum Gasteiger partial charge on any atom is -0.284 e. The number of hydrogen-bond donors (Lipinski definition) is 0. The third-order valence-electron chi connectivity index (χ3n) is 4.16. The summed E-state index contributed by atoms with van der Waals surface area (Å²) in [6.45, 7) is 12.9. The normalized spacial score (nSPS) is 14.0. The highest BCUT2D eigenvalue weighted by Gasteiger charge is 2.26. The highest BCUT2D eigenvalue weighted by molar-refractivity contribution is 6.19. The van der Waals surface area contributed by atoms with Gasteiger partial charge in [0.25, 0.3) is 0 Å². The molecule has 2 aliphatic rings. The van der Waals surface area contributed by atoms with Crippen LogP contribution < -0.4 is 0 Å². The first-order valence-electron chi connectivity index (χ1n) is 10.2. The molecule has 1 aliphatic carbocycles. The topological polar surface area (TPSA) is 25.2 Å². The molecule has 0 radical (unpaired) electrons. The molecule has 0 saturated heterocycles. The predicted octanol–water partition coefficient (Wildman–Crippen LogP) is 6.75. The molecule has 0 fully saturated rings. The Bertz CT molecular complexity index is 712. The van der Waals surface area contributed by atoms with Crippen LogP contribution in [0, 0.1) is 0 Å². The molecular formula is C24H34N2. The van der Waals surface area contributed by atoms with Crippen molar-refractivity contribution in [3.05, 3.63) is 71.1 Å². The molecule has 2 nitrogen and oxygen atoms in total. The van der Waals surface area contributed by atoms with Gasteiger partial charge >= 0.3 is 0 Å². The zero-order valence-electron chi connectivity index (χ0n) is 17.3. The lowest BCUT2D eigenvalue weighted by Gasteiger charge is -2.27. The fraction of sp³-hybridized carbons (Fsp3) is 0.417. The average Bonchev–Trinajstić information content (AvgIpc) is 2.78. The highest BCUT2D eigenvalue weighted by Crippen LogP contribution is 2.36. The summed E-state index contributed by atoms with van der Waals surface area (Å²) in [7, 11) is 0. The van der Waals surface area contributed by atoms with Crippen molar-refractivity contribution in [3.63, 3.8) is 0 Å². The molecule has 0 N–H and O–H groups in total. The molecule has 1 aromatic heterocycles. The van der Waals surface area contributed by atoms with E-state index in [1.165, 1.54) is 33.5 Å². The smallest absolute Gasteiger partial charge is 0.0700 e. The van der Waals surface area contributed by atoms with E-state index in [1.54, 1.807) is 0 Å². The number of fused-ring (bicyclic) bond motifs is 3. The molecular weight excluding hydrogens is 316 g/mol. The molecule has 1 aliphatic heterocycles. The van der Waals surface area contributed by atoms with E-state index < -0.39 is 0 Å². The van der Waals surface area contributed by atoms with E-state index in [2.05, 4.69) is 41.4 Å². The Morgan fingerprint density at radius 1 is 0.808 bits per heavy atom. The summed E-state index contributed by atoms with van der Waals surface area (Å²) in [5.41, 5.74) is 7.99. The lowest BCUT2D eigenvalue weighted by molar-refractivity contribution is 0.810. The van der Waals surface area contributed by atoms with Crippen LogP contribution in [0.4, 0.5) is 0 Å². The lowest BCUT2D eigenvalue weighted by atomic mass is 9.80. The minimum atomic E-state index is 0.940. The summed E-state index contributed by atoms with van der Waals surface area (Å²) >= 11 is 0. The van der Waals surface area contributed by atoms with Crippen LogP contribution in [-0.2, 0) is 6.42 Å². The van der Waals surface area contributed by atoms with E-state index in [9.17, 15) is 0 Å². The molecule has 2 aromatic rings. The van der Waals surface area contributed by atoms with Crippen LogP contribution in [0.15, 0.2) is 59.4 Å². The number of allylic oxidation sites excluding steroid dienone is 2. The first-order chi connectivity index (χ1) is 12.9. The van der Waals surface area contributed by atoms with Crippen molar-refractivity contribution in [2.24, 2.45) is 4.99 Å². The van der Waals surface area contributed by atoms with E-state index in [4.69, 9.17) is 4.99 Å². The fourth-order valence-electron chi connectivity index (χ4n) is 3.21. The van der Waals surface area contributed by atoms with Gasteiger partial charge in [-0.1, -0.05) is 71.9 Å². The highest BCUT2D eigenvalue weighted by atomic mass is 14.8. The van der Waals surface area contributed by atoms with E-state index in [0.29, 0.717) is 0 Å². The van der Waals surface area contributed by atoms with Crippen molar-refractivity contribution in [1.82, 2.24) is 4.98 Å². The number of benzene rings is 1. The van der Waals surface area contributed by atoms with E-state index in [1.807, 2.05) is 53.9 Å². The molecule has 1 aromatic carbocycles. The number of hydrogen-bond acceptors (Lipinski definition) is 2. The van der Waals surface area contributed by atoms with Crippen molar-refractivity contribution in [3.8, 4) is 0 Å². The predicted molar refractivity (Wildman–Crippen MR) is 116 cm³/mol. The van der Waals surface area contributed by atoms with E-state index >= 15 is 0 Å². The van der Waals surface area contributed by atoms with E-state index in [-0.39, 0.29) is 0 Å². The van der Waals surface area contributed by atoms with Crippen LogP contribution in [0.25, 0.3) is 5.57 Å². The molecule has 2 heterocycles. The van der Waals surface area contributed by atoms with Gasteiger partial charge in [0, 0.05) is 24.5 Å². The SMILES string of the molecule is CC.CC.CC.c1ccc(C2=C3CCCN=C3c3cnccc3C2)cc1. The van der Waals surface area contributed by atoms with E-state index in [0.717, 1.165) is 25.8 Å². The second kappa shape index (κ2) is 12.2. The quantitative estimate of drug-likeness (QED) is 0.558. The van der Waals surface area contributed by atoms with Gasteiger partial charge in [-0.05, 0) is 47.6 Å². The maximum absolute atomic E-state index is 4.79. The number of aromatic nitrogens is 1. The molecule has 0 atom stereocenters. The molecule has 26 heavy (non-hydrogen) atoms. The first kappa shape index (κ1) is 21.8. The number of rotatable bonds is 1. The van der Waals surface area contributed by atoms with Gasteiger partial charge in [-0.3, -0.25) is 9.98 Å². The Morgan fingerprint density at radius 2 is 1.50 bits per heavy atom. The number of aliphatic imine (C=N–C) groups is 1. The van der Waals surface area contributed by atoms with Gasteiger partial charge in [0.2, 0.25) is 0 Å². The van der Waals surface area contributed by atoms with Crippen LogP contribution in [0.1, 0.15) is 71.1 Å². The second-order valence-corrected chi connectivity index (χ2v) is 5.37. The lowest BCUT2D eigenvalue weighted by Crippen LogP contribution is -2.20. The summed E-state index contributed by atoms with van der Waals surface area (Å²) in [5.74, 6) is 0. The van der Waals surface area contributed by atoms with Gasteiger partial charge in [0.1, 0.15) is 0 Å². The van der Waals surface area contributed by atoms with Gasteiger partial charge in [-0.2, -0.15) is 0 Å². The van der Waals surface area contributed by atoms with Crippen molar-refractivity contribution in [1.29, 1.82) is 0 Å². The van der Waals surface area contributed by atoms with Gasteiger partial charge in [-0.15, -0.1) is 0 Å². The molecule has 0 spiro atoms. The molecule has 0 amide bonds. The standard InChI is InChI=1S/C18H16N2.3C2H6/c1-2-5-13(6-3-1)16-11-14-8-10-19-12-17(14)18-15(16)7-4-9-20-18;3*1-2/h1-3,5-6,8,10,12H,4,7,9,11H2;3*1-2H3. The molecule has 0 bridgehead atoms. The monoisotopic (exact) mass is 350 g/mol. The van der Waals surface area contributed by atoms with Crippen molar-refractivity contribution < 1.29 is 0 Å². The summed E-state index contributed by atoms with van der Waals surface area (Å²) in [4.78, 5) is 9.07. The Balaban J connectivity index is 0.000000515. The van der Waals surface area contributed by atoms with Crippen LogP contribution in [0.5, 0.6) is 0 Å². The van der Waals surface area contributed by atoms with Crippen molar-refractivity contribution >= 4 is 11.3 Å². The van der Waals surface area contributed by atoms with Crippen LogP contribution in [-0.4, -0.2) is 17.2 Å². The van der Waals surface area contributed by atoms with Crippen LogP contribution in [0.2, 0.25) is 0 Å². The largest absolute Gasteiger partial charge is 0.284 e. The average molecular weight is 351 g/mol. The van der Waals surface area contributed by atoms with Crippen LogP contribution in [0.3, 0.4) is 0 Å². The summed E-state index contributed by atoms with van der Waals surface area (Å²) in [6.07, 6.45) is 7.15. The molecule has 2 heteroatoms. The molecule has 0 unspecified atom stereocenters. The maximum Gasteiger partial charge on any atom is 0.0700 e. The van der Waals surface area contributed by atoms with Gasteiger partial charge in [0.15, 0.2) is 0 Å². The van der Waals surface area contributed by atoms with Crippen LogP contribution >= 0.6 is 0 Å². The summed E-state index contributed by atoms with van der Waals surface area (Å²) < 4.78 is 0. The van der Waals surface area contributed by atoms with Crippen molar-refractivity contribution in [2.75, 3.05) is 6.54 Å². The zero-order chi connectivity index (χ0) is 19.4. The Kier molecular flexibility index (Phi) is 10.2. The minimum absolute atomic E-state index is 0.940. The number of pyridine rings is 1. The Labute approximate surface area is 160 Å². The second-order valence-electron chi connectivity index (χ2n) is 5.37. The Morgan fingerprint density at radius 3 is 2.19 bits per heavy atom. The Hall–Kier alpha value is -2.22. The van der Waals surface area contributed by atoms with Gasteiger partial charge in [-0.25, -0.2) is 0 Å². The molecule has 4 rings (SSSR count). The third kappa shape index (κ3) is 4.91. The molecule has 0 saturated carbocycles. The fourth-order valence-corrected chi connectivity index (χ4v) is 3.21. The maximum atomic E-state index is 4.79.